The van der Waals surface area contributed by atoms with Gasteiger partial charge in [0.2, 0.25) is 0 Å². The van der Waals surface area contributed by atoms with Crippen LogP contribution in [0.1, 0.15) is 45.4 Å². The summed E-state index contributed by atoms with van der Waals surface area (Å²) in [6.07, 6.45) is 21.5. The molecule has 0 rings (SSSR count). The van der Waals surface area contributed by atoms with Crippen LogP contribution in [0.2, 0.25) is 0 Å². The van der Waals surface area contributed by atoms with Crippen molar-refractivity contribution in [3.63, 3.8) is 0 Å². The van der Waals surface area contributed by atoms with E-state index in [1.54, 1.807) is 18.2 Å². The van der Waals surface area contributed by atoms with E-state index in [-0.39, 0.29) is 12.5 Å². The second-order valence-electron chi connectivity index (χ2n) is 5.40. The van der Waals surface area contributed by atoms with Crippen molar-refractivity contribution in [3.8, 4) is 0 Å². The quantitative estimate of drug-likeness (QED) is 0.352. The highest BCUT2D eigenvalue weighted by molar-refractivity contribution is 5.66. The molecular weight excluding hydrogens is 304 g/mol. The van der Waals surface area contributed by atoms with Crippen molar-refractivity contribution in [1.82, 2.24) is 0 Å². The molecular formula is C20H30O4. The molecule has 0 saturated heterocycles. The largest absolute Gasteiger partial charge is 0.481 e. The van der Waals surface area contributed by atoms with Gasteiger partial charge in [-0.1, -0.05) is 67.7 Å². The van der Waals surface area contributed by atoms with E-state index in [9.17, 15) is 15.0 Å². The van der Waals surface area contributed by atoms with Crippen LogP contribution in [-0.2, 0) is 4.79 Å². The average molecular weight is 334 g/mol. The predicted molar refractivity (Wildman–Crippen MR) is 98.7 cm³/mol. The number of allylic oxidation sites excluding steroid dienone is 8. The van der Waals surface area contributed by atoms with Crippen molar-refractivity contribution >= 4 is 5.97 Å². The lowest BCUT2D eigenvalue weighted by Gasteiger charge is -2.02. The van der Waals surface area contributed by atoms with E-state index in [0.717, 1.165) is 19.3 Å². The number of carboxylic acid groups (broad SMARTS) is 1. The zero-order chi connectivity index (χ0) is 18.0. The summed E-state index contributed by atoms with van der Waals surface area (Å²) in [5, 5.41) is 27.4. The normalized spacial score (nSPS) is 15.5. The third-order valence-corrected chi connectivity index (χ3v) is 3.18. The van der Waals surface area contributed by atoms with Crippen molar-refractivity contribution in [2.24, 2.45) is 0 Å². The smallest absolute Gasteiger partial charge is 0.303 e. The van der Waals surface area contributed by atoms with Crippen molar-refractivity contribution in [2.75, 3.05) is 0 Å². The molecule has 0 amide bonds. The second-order valence-corrected chi connectivity index (χ2v) is 5.40. The maximum absolute atomic E-state index is 10.3. The summed E-state index contributed by atoms with van der Waals surface area (Å²) in [6.45, 7) is 1.93. The number of rotatable bonds is 13. The Labute approximate surface area is 145 Å². The van der Waals surface area contributed by atoms with Gasteiger partial charge >= 0.3 is 5.97 Å². The van der Waals surface area contributed by atoms with Gasteiger partial charge < -0.3 is 15.3 Å². The van der Waals surface area contributed by atoms with Crippen molar-refractivity contribution in [1.29, 1.82) is 0 Å². The number of aliphatic carboxylic acids is 1. The summed E-state index contributed by atoms with van der Waals surface area (Å²) in [5.74, 6) is -0.831. The molecule has 4 heteroatoms. The van der Waals surface area contributed by atoms with Crippen molar-refractivity contribution in [2.45, 2.75) is 57.7 Å². The van der Waals surface area contributed by atoms with E-state index in [1.165, 1.54) is 0 Å². The van der Waals surface area contributed by atoms with Crippen LogP contribution in [0.4, 0.5) is 0 Å². The standard InChI is InChI=1S/C20H30O4/c1-2-18(21)14-11-9-7-5-3-4-6-8-10-12-15-19(22)16-13-17-20(23)24/h3-4,7-12,14-15,18-19,21-22H,2,5-6,13,16-17H2,1H3,(H,23,24). The molecule has 0 spiro atoms. The van der Waals surface area contributed by atoms with Crippen LogP contribution in [0.15, 0.2) is 60.8 Å². The number of carbonyl (C=O) groups is 1. The summed E-state index contributed by atoms with van der Waals surface area (Å²) in [4.78, 5) is 10.3. The van der Waals surface area contributed by atoms with E-state index >= 15 is 0 Å². The first-order chi connectivity index (χ1) is 11.6. The van der Waals surface area contributed by atoms with E-state index < -0.39 is 12.1 Å². The van der Waals surface area contributed by atoms with E-state index in [2.05, 4.69) is 12.2 Å². The van der Waals surface area contributed by atoms with Gasteiger partial charge in [0.25, 0.3) is 0 Å². The third-order valence-electron chi connectivity index (χ3n) is 3.18. The molecule has 0 aliphatic carbocycles. The Morgan fingerprint density at radius 2 is 1.42 bits per heavy atom. The molecule has 0 aromatic carbocycles. The van der Waals surface area contributed by atoms with Gasteiger partial charge in [0.05, 0.1) is 12.2 Å². The van der Waals surface area contributed by atoms with E-state index in [1.807, 2.05) is 37.3 Å². The Bertz CT molecular complexity index is 458. The zero-order valence-electron chi connectivity index (χ0n) is 14.4. The summed E-state index contributed by atoms with van der Waals surface area (Å²) in [5.41, 5.74) is 0. The third kappa shape index (κ3) is 16.5. The molecule has 2 atom stereocenters. The molecule has 24 heavy (non-hydrogen) atoms. The van der Waals surface area contributed by atoms with Crippen LogP contribution in [0.3, 0.4) is 0 Å². The fourth-order valence-corrected chi connectivity index (χ4v) is 1.74. The van der Waals surface area contributed by atoms with Crippen molar-refractivity contribution < 1.29 is 20.1 Å². The Balaban J connectivity index is 3.73. The molecule has 0 aromatic heterocycles. The van der Waals surface area contributed by atoms with E-state index in [4.69, 9.17) is 5.11 Å². The fraction of sp³-hybridized carbons (Fsp3) is 0.450. The zero-order valence-corrected chi connectivity index (χ0v) is 14.4. The maximum atomic E-state index is 10.3. The average Bonchev–Trinajstić information content (AvgIpc) is 2.55. The monoisotopic (exact) mass is 334 g/mol. The number of aliphatic hydroxyl groups excluding tert-OH is 2. The lowest BCUT2D eigenvalue weighted by atomic mass is 10.1. The fourth-order valence-electron chi connectivity index (χ4n) is 1.74. The minimum Gasteiger partial charge on any atom is -0.481 e. The number of aliphatic hydroxyl groups is 2. The first-order valence-corrected chi connectivity index (χ1v) is 8.45. The number of hydrogen-bond donors (Lipinski definition) is 3. The van der Waals surface area contributed by atoms with Gasteiger partial charge in [-0.15, -0.1) is 0 Å². The molecule has 0 radical (unpaired) electrons. The van der Waals surface area contributed by atoms with Gasteiger partial charge in [0, 0.05) is 6.42 Å². The Kier molecular flexibility index (Phi) is 14.7. The Morgan fingerprint density at radius 1 is 0.875 bits per heavy atom. The van der Waals surface area contributed by atoms with Gasteiger partial charge in [0.15, 0.2) is 0 Å². The molecule has 0 aliphatic rings. The van der Waals surface area contributed by atoms with E-state index in [0.29, 0.717) is 12.8 Å². The van der Waals surface area contributed by atoms with Crippen molar-refractivity contribution in [3.05, 3.63) is 60.8 Å². The summed E-state index contributed by atoms with van der Waals surface area (Å²) >= 11 is 0. The molecule has 2 unspecified atom stereocenters. The molecule has 0 aromatic rings. The van der Waals surface area contributed by atoms with Gasteiger partial charge in [-0.3, -0.25) is 4.79 Å². The first-order valence-electron chi connectivity index (χ1n) is 8.45. The SMILES string of the molecule is CCC(O)C=CC=CCC=CCC=CC=CC(O)CCCC(=O)O. The van der Waals surface area contributed by atoms with Gasteiger partial charge in [-0.2, -0.15) is 0 Å². The summed E-state index contributed by atoms with van der Waals surface area (Å²) in [6, 6.07) is 0. The van der Waals surface area contributed by atoms with Crippen LogP contribution >= 0.6 is 0 Å². The molecule has 0 saturated carbocycles. The van der Waals surface area contributed by atoms with Crippen LogP contribution in [0.25, 0.3) is 0 Å². The highest BCUT2D eigenvalue weighted by atomic mass is 16.4. The predicted octanol–water partition coefficient (Wildman–Crippen LogP) is 3.93. The maximum Gasteiger partial charge on any atom is 0.303 e. The summed E-state index contributed by atoms with van der Waals surface area (Å²) in [7, 11) is 0. The van der Waals surface area contributed by atoms with Gasteiger partial charge in [-0.25, -0.2) is 0 Å². The first kappa shape index (κ1) is 22.1. The van der Waals surface area contributed by atoms with Crippen LogP contribution in [0, 0.1) is 0 Å². The van der Waals surface area contributed by atoms with Gasteiger partial charge in [0.1, 0.15) is 0 Å². The molecule has 4 nitrogen and oxygen atoms in total. The van der Waals surface area contributed by atoms with Crippen LogP contribution in [0.5, 0.6) is 0 Å². The number of carboxylic acids is 1. The Morgan fingerprint density at radius 3 is 1.92 bits per heavy atom. The Hall–Kier alpha value is -1.91. The minimum atomic E-state index is -0.831. The lowest BCUT2D eigenvalue weighted by Crippen LogP contribution is -2.03. The highest BCUT2D eigenvalue weighted by Crippen LogP contribution is 2.02. The lowest BCUT2D eigenvalue weighted by molar-refractivity contribution is -0.137. The molecule has 0 heterocycles. The van der Waals surface area contributed by atoms with Crippen LogP contribution < -0.4 is 0 Å². The van der Waals surface area contributed by atoms with Crippen LogP contribution in [-0.4, -0.2) is 33.5 Å². The minimum absolute atomic E-state index is 0.0922. The summed E-state index contributed by atoms with van der Waals surface area (Å²) < 4.78 is 0. The molecule has 0 fully saturated rings. The van der Waals surface area contributed by atoms with Gasteiger partial charge in [-0.05, 0) is 32.1 Å². The second kappa shape index (κ2) is 16.0. The topological polar surface area (TPSA) is 77.8 Å². The molecule has 0 bridgehead atoms. The molecule has 134 valence electrons. The highest BCUT2D eigenvalue weighted by Gasteiger charge is 2.01. The number of hydrogen-bond acceptors (Lipinski definition) is 3. The molecule has 0 aliphatic heterocycles. The molecule has 3 N–H and O–H groups in total.